The van der Waals surface area contributed by atoms with E-state index in [2.05, 4.69) is 25.8 Å². The molecule has 2 aromatic heterocycles. The highest BCUT2D eigenvalue weighted by molar-refractivity contribution is 5.93. The number of amides is 1. The molecule has 0 aliphatic heterocycles. The highest BCUT2D eigenvalue weighted by Gasteiger charge is 2.21. The molecule has 1 aliphatic rings. The first-order valence-corrected chi connectivity index (χ1v) is 6.30. The van der Waals surface area contributed by atoms with Crippen LogP contribution in [0.4, 0.5) is 5.82 Å². The Morgan fingerprint density at radius 2 is 2.26 bits per heavy atom. The smallest absolute Gasteiger partial charge is 0.253 e. The number of aromatic amines is 1. The van der Waals surface area contributed by atoms with Crippen LogP contribution in [-0.4, -0.2) is 27.1 Å². The predicted molar refractivity (Wildman–Crippen MR) is 70.6 cm³/mol. The molecule has 1 fully saturated rings. The molecule has 0 bridgehead atoms. The molecule has 0 saturated heterocycles. The van der Waals surface area contributed by atoms with Gasteiger partial charge in [-0.3, -0.25) is 9.89 Å². The lowest BCUT2D eigenvalue weighted by Crippen LogP contribution is -2.23. The Bertz CT molecular complexity index is 545. The quantitative estimate of drug-likeness (QED) is 0.754. The van der Waals surface area contributed by atoms with E-state index in [9.17, 15) is 4.79 Å². The molecule has 1 saturated carbocycles. The van der Waals surface area contributed by atoms with E-state index in [0.717, 1.165) is 11.5 Å². The minimum atomic E-state index is -0.139. The zero-order valence-corrected chi connectivity index (χ0v) is 10.4. The summed E-state index contributed by atoms with van der Waals surface area (Å²) in [5.74, 6) is 0.688. The predicted octanol–water partition coefficient (Wildman–Crippen LogP) is 1.31. The lowest BCUT2D eigenvalue weighted by molar-refractivity contribution is 0.0950. The third-order valence-electron chi connectivity index (χ3n) is 2.95. The highest BCUT2D eigenvalue weighted by atomic mass is 16.1. The first-order chi connectivity index (χ1) is 9.31. The van der Waals surface area contributed by atoms with Crippen molar-refractivity contribution in [2.24, 2.45) is 0 Å². The second-order valence-corrected chi connectivity index (χ2v) is 4.62. The molecule has 0 unspecified atom stereocenters. The van der Waals surface area contributed by atoms with Crippen LogP contribution in [0.1, 0.15) is 28.9 Å². The Morgan fingerprint density at radius 3 is 2.89 bits per heavy atom. The minimum absolute atomic E-state index is 0.139. The zero-order chi connectivity index (χ0) is 13.1. The summed E-state index contributed by atoms with van der Waals surface area (Å²) in [6.45, 7) is 0.431. The van der Waals surface area contributed by atoms with Gasteiger partial charge in [0.15, 0.2) is 0 Å². The van der Waals surface area contributed by atoms with Crippen LogP contribution in [-0.2, 0) is 6.54 Å². The van der Waals surface area contributed by atoms with Crippen LogP contribution in [0.2, 0.25) is 0 Å². The van der Waals surface area contributed by atoms with Gasteiger partial charge in [0.1, 0.15) is 5.82 Å². The van der Waals surface area contributed by atoms with Crippen molar-refractivity contribution in [3.63, 3.8) is 0 Å². The normalized spacial score (nSPS) is 14.1. The molecule has 1 amide bonds. The zero-order valence-electron chi connectivity index (χ0n) is 10.4. The molecule has 0 spiro atoms. The second kappa shape index (κ2) is 5.09. The van der Waals surface area contributed by atoms with Gasteiger partial charge in [-0.25, -0.2) is 4.98 Å². The van der Waals surface area contributed by atoms with Crippen molar-refractivity contribution in [1.29, 1.82) is 0 Å². The third kappa shape index (κ3) is 3.09. The Kier molecular flexibility index (Phi) is 3.14. The van der Waals surface area contributed by atoms with E-state index in [-0.39, 0.29) is 5.91 Å². The van der Waals surface area contributed by atoms with Gasteiger partial charge in [0.25, 0.3) is 5.91 Å². The van der Waals surface area contributed by atoms with Crippen molar-refractivity contribution >= 4 is 11.7 Å². The van der Waals surface area contributed by atoms with Crippen LogP contribution in [0.3, 0.4) is 0 Å². The molecule has 0 atom stereocenters. The number of hydrogen-bond donors (Lipinski definition) is 3. The molecule has 6 nitrogen and oxygen atoms in total. The maximum atomic E-state index is 11.9. The monoisotopic (exact) mass is 257 g/mol. The maximum Gasteiger partial charge on any atom is 0.253 e. The van der Waals surface area contributed by atoms with Gasteiger partial charge in [0, 0.05) is 18.4 Å². The average molecular weight is 257 g/mol. The lowest BCUT2D eigenvalue weighted by Gasteiger charge is -2.06. The van der Waals surface area contributed by atoms with Crippen molar-refractivity contribution in [2.75, 3.05) is 5.32 Å². The van der Waals surface area contributed by atoms with Crippen molar-refractivity contribution in [2.45, 2.75) is 25.4 Å². The fraction of sp³-hybridized carbons (Fsp3) is 0.308. The third-order valence-corrected chi connectivity index (χ3v) is 2.95. The fourth-order valence-corrected chi connectivity index (χ4v) is 1.71. The summed E-state index contributed by atoms with van der Waals surface area (Å²) in [6, 6.07) is 6.00. The van der Waals surface area contributed by atoms with Gasteiger partial charge < -0.3 is 10.6 Å². The van der Waals surface area contributed by atoms with Gasteiger partial charge in [0.2, 0.25) is 0 Å². The summed E-state index contributed by atoms with van der Waals surface area (Å²) < 4.78 is 0. The SMILES string of the molecule is O=C(NCc1ccn[nH]1)c1ccc(NC2CC2)nc1. The summed E-state index contributed by atoms with van der Waals surface area (Å²) in [4.78, 5) is 16.1. The Morgan fingerprint density at radius 1 is 1.37 bits per heavy atom. The number of carbonyl (C=O) groups excluding carboxylic acids is 1. The number of H-pyrrole nitrogens is 1. The van der Waals surface area contributed by atoms with Crippen molar-refractivity contribution in [3.05, 3.63) is 41.9 Å². The lowest BCUT2D eigenvalue weighted by atomic mass is 10.2. The molecule has 98 valence electrons. The van der Waals surface area contributed by atoms with Gasteiger partial charge in [-0.15, -0.1) is 0 Å². The number of hydrogen-bond acceptors (Lipinski definition) is 4. The summed E-state index contributed by atoms with van der Waals surface area (Å²) >= 11 is 0. The number of aromatic nitrogens is 3. The molecule has 2 heterocycles. The molecular weight excluding hydrogens is 242 g/mol. The van der Waals surface area contributed by atoms with Crippen molar-refractivity contribution in [3.8, 4) is 0 Å². The first kappa shape index (κ1) is 11.7. The van der Waals surface area contributed by atoms with E-state index < -0.39 is 0 Å². The largest absolute Gasteiger partial charge is 0.367 e. The molecule has 0 radical (unpaired) electrons. The van der Waals surface area contributed by atoms with Gasteiger partial charge >= 0.3 is 0 Å². The van der Waals surface area contributed by atoms with E-state index in [1.807, 2.05) is 12.1 Å². The first-order valence-electron chi connectivity index (χ1n) is 6.30. The number of rotatable bonds is 5. The molecule has 6 heteroatoms. The van der Waals surface area contributed by atoms with Gasteiger partial charge in [-0.2, -0.15) is 5.10 Å². The van der Waals surface area contributed by atoms with Crippen LogP contribution < -0.4 is 10.6 Å². The molecule has 3 rings (SSSR count). The van der Waals surface area contributed by atoms with E-state index in [1.165, 1.54) is 12.8 Å². The standard InChI is InChI=1S/C13H15N5O/c19-13(15-8-11-5-6-16-18-11)9-1-4-12(14-7-9)17-10-2-3-10/h1,4-7,10H,2-3,8H2,(H,14,17)(H,15,19)(H,16,18). The molecular formula is C13H15N5O. The van der Waals surface area contributed by atoms with Crippen molar-refractivity contribution in [1.82, 2.24) is 20.5 Å². The van der Waals surface area contributed by atoms with Crippen LogP contribution in [0.25, 0.3) is 0 Å². The molecule has 1 aliphatic carbocycles. The van der Waals surface area contributed by atoms with Crippen molar-refractivity contribution < 1.29 is 4.79 Å². The molecule has 0 aromatic carbocycles. The molecule has 2 aromatic rings. The maximum absolute atomic E-state index is 11.9. The minimum Gasteiger partial charge on any atom is -0.367 e. The van der Waals surface area contributed by atoms with Crippen LogP contribution in [0.15, 0.2) is 30.6 Å². The Labute approximate surface area is 110 Å². The number of pyridine rings is 1. The number of anilines is 1. The second-order valence-electron chi connectivity index (χ2n) is 4.62. The fourth-order valence-electron chi connectivity index (χ4n) is 1.71. The summed E-state index contributed by atoms with van der Waals surface area (Å²) in [7, 11) is 0. The Balaban J connectivity index is 1.56. The topological polar surface area (TPSA) is 82.7 Å². The van der Waals surface area contributed by atoms with Gasteiger partial charge in [0.05, 0.1) is 17.8 Å². The Hall–Kier alpha value is -2.37. The van der Waals surface area contributed by atoms with E-state index in [1.54, 1.807) is 18.5 Å². The van der Waals surface area contributed by atoms with Crippen LogP contribution in [0.5, 0.6) is 0 Å². The highest BCUT2D eigenvalue weighted by Crippen LogP contribution is 2.23. The summed E-state index contributed by atoms with van der Waals surface area (Å²) in [5, 5.41) is 12.7. The summed E-state index contributed by atoms with van der Waals surface area (Å²) in [6.07, 6.45) is 5.65. The van der Waals surface area contributed by atoms with Gasteiger partial charge in [-0.1, -0.05) is 0 Å². The van der Waals surface area contributed by atoms with E-state index >= 15 is 0 Å². The van der Waals surface area contributed by atoms with Gasteiger partial charge in [-0.05, 0) is 31.0 Å². The summed E-state index contributed by atoms with van der Waals surface area (Å²) in [5.41, 5.74) is 1.43. The number of nitrogens with zero attached hydrogens (tertiary/aromatic N) is 2. The van der Waals surface area contributed by atoms with E-state index in [4.69, 9.17) is 0 Å². The molecule has 3 N–H and O–H groups in total. The number of nitrogens with one attached hydrogen (secondary N) is 3. The number of carbonyl (C=O) groups is 1. The molecule has 19 heavy (non-hydrogen) atoms. The average Bonchev–Trinajstić information content (AvgIpc) is 3.09. The van der Waals surface area contributed by atoms with E-state index in [0.29, 0.717) is 18.2 Å². The van der Waals surface area contributed by atoms with Crippen LogP contribution in [0, 0.1) is 0 Å². The van der Waals surface area contributed by atoms with Crippen LogP contribution >= 0.6 is 0 Å².